The molecule has 0 aliphatic carbocycles. The molecule has 0 heterocycles. The zero-order valence-electron chi connectivity index (χ0n) is 8.77. The summed E-state index contributed by atoms with van der Waals surface area (Å²) in [4.78, 5) is 21.8. The molecule has 0 aliphatic rings. The normalized spacial score (nSPS) is 12.1. The van der Waals surface area contributed by atoms with E-state index in [1.54, 1.807) is 12.1 Å². The predicted octanol–water partition coefficient (Wildman–Crippen LogP) is 1.44. The van der Waals surface area contributed by atoms with E-state index in [9.17, 15) is 9.59 Å². The lowest BCUT2D eigenvalue weighted by Gasteiger charge is -2.09. The van der Waals surface area contributed by atoms with Gasteiger partial charge in [0.15, 0.2) is 5.78 Å². The third-order valence-corrected chi connectivity index (χ3v) is 2.16. The van der Waals surface area contributed by atoms with E-state index in [4.69, 9.17) is 0 Å². The third kappa shape index (κ3) is 4.04. The molecule has 1 N–H and O–H groups in total. The van der Waals surface area contributed by atoms with E-state index in [0.29, 0.717) is 12.0 Å². The number of carbonyl (C=O) groups excluding carboxylic acids is 2. The second-order valence-corrected chi connectivity index (χ2v) is 3.47. The third-order valence-electron chi connectivity index (χ3n) is 2.16. The van der Waals surface area contributed by atoms with Crippen LogP contribution in [0.1, 0.15) is 23.7 Å². The second kappa shape index (κ2) is 6.09. The van der Waals surface area contributed by atoms with Crippen LogP contribution in [0.5, 0.6) is 0 Å². The van der Waals surface area contributed by atoms with E-state index in [1.807, 2.05) is 25.1 Å². The molecule has 0 fully saturated rings. The molecule has 3 heteroatoms. The van der Waals surface area contributed by atoms with E-state index in [0.717, 1.165) is 6.29 Å². The molecule has 0 aliphatic heterocycles. The number of ketones is 1. The minimum absolute atomic E-state index is 0.0494. The minimum Gasteiger partial charge on any atom is -0.307 e. The van der Waals surface area contributed by atoms with Gasteiger partial charge >= 0.3 is 0 Å². The van der Waals surface area contributed by atoms with Crippen molar-refractivity contribution in [1.82, 2.24) is 5.32 Å². The van der Waals surface area contributed by atoms with Gasteiger partial charge in [0, 0.05) is 18.0 Å². The number of aldehydes is 1. The monoisotopic (exact) mass is 205 g/mol. The lowest BCUT2D eigenvalue weighted by Crippen LogP contribution is -2.31. The molecule has 0 spiro atoms. The summed E-state index contributed by atoms with van der Waals surface area (Å²) in [6.45, 7) is 2.16. The number of nitrogens with one attached hydrogen (secondary N) is 1. The fourth-order valence-corrected chi connectivity index (χ4v) is 1.22. The molecule has 15 heavy (non-hydrogen) atoms. The maximum absolute atomic E-state index is 11.6. The molecule has 80 valence electrons. The van der Waals surface area contributed by atoms with Crippen LogP contribution in [-0.2, 0) is 4.79 Å². The number of hydrogen-bond donors (Lipinski definition) is 1. The summed E-state index contributed by atoms with van der Waals surface area (Å²) in [5.41, 5.74) is 0.698. The summed E-state index contributed by atoms with van der Waals surface area (Å²) in [7, 11) is 0. The van der Waals surface area contributed by atoms with Crippen LogP contribution in [0.25, 0.3) is 0 Å². The molecular formula is C12H15NO2. The standard InChI is InChI=1S/C12H15NO2/c1-10(7-8-14)13-9-12(15)11-5-3-2-4-6-11/h2-6,8,10,13H,7,9H2,1H3. The molecule has 0 aromatic heterocycles. The summed E-state index contributed by atoms with van der Waals surface area (Å²) in [6, 6.07) is 9.17. The van der Waals surface area contributed by atoms with E-state index >= 15 is 0 Å². The molecule has 0 radical (unpaired) electrons. The van der Waals surface area contributed by atoms with Gasteiger partial charge in [0.2, 0.25) is 0 Å². The fourth-order valence-electron chi connectivity index (χ4n) is 1.22. The van der Waals surface area contributed by atoms with Crippen molar-refractivity contribution in [2.45, 2.75) is 19.4 Å². The van der Waals surface area contributed by atoms with Crippen molar-refractivity contribution < 1.29 is 9.59 Å². The Morgan fingerprint density at radius 3 is 2.67 bits per heavy atom. The summed E-state index contributed by atoms with van der Waals surface area (Å²) < 4.78 is 0. The highest BCUT2D eigenvalue weighted by Crippen LogP contribution is 1.99. The fraction of sp³-hybridized carbons (Fsp3) is 0.333. The van der Waals surface area contributed by atoms with Crippen LogP contribution in [0.4, 0.5) is 0 Å². The average Bonchev–Trinajstić information content (AvgIpc) is 2.27. The topological polar surface area (TPSA) is 46.2 Å². The van der Waals surface area contributed by atoms with Gasteiger partial charge in [-0.15, -0.1) is 0 Å². The zero-order chi connectivity index (χ0) is 11.1. The van der Waals surface area contributed by atoms with E-state index in [-0.39, 0.29) is 18.4 Å². The Morgan fingerprint density at radius 1 is 1.40 bits per heavy atom. The van der Waals surface area contributed by atoms with Crippen LogP contribution in [0.15, 0.2) is 30.3 Å². The van der Waals surface area contributed by atoms with E-state index in [1.165, 1.54) is 0 Å². The molecule has 0 amide bonds. The van der Waals surface area contributed by atoms with Gasteiger partial charge in [-0.1, -0.05) is 30.3 Å². The van der Waals surface area contributed by atoms with Crippen LogP contribution < -0.4 is 5.32 Å². The van der Waals surface area contributed by atoms with Crippen molar-refractivity contribution in [2.75, 3.05) is 6.54 Å². The molecular weight excluding hydrogens is 190 g/mol. The van der Waals surface area contributed by atoms with Crippen LogP contribution in [0.2, 0.25) is 0 Å². The van der Waals surface area contributed by atoms with Crippen molar-refractivity contribution in [3.63, 3.8) is 0 Å². The number of hydrogen-bond acceptors (Lipinski definition) is 3. The van der Waals surface area contributed by atoms with Gasteiger partial charge < -0.3 is 10.1 Å². The van der Waals surface area contributed by atoms with Crippen molar-refractivity contribution in [3.8, 4) is 0 Å². The highest BCUT2D eigenvalue weighted by atomic mass is 16.1. The summed E-state index contributed by atoms with van der Waals surface area (Å²) in [5.74, 6) is 0.0494. The van der Waals surface area contributed by atoms with Gasteiger partial charge in [0.1, 0.15) is 6.29 Å². The Hall–Kier alpha value is -1.48. The first-order valence-electron chi connectivity index (χ1n) is 4.99. The number of Topliss-reactive ketones (excluding diaryl/α,β-unsaturated/α-hetero) is 1. The van der Waals surface area contributed by atoms with E-state index in [2.05, 4.69) is 5.32 Å². The Balaban J connectivity index is 2.40. The Bertz CT molecular complexity index is 322. The van der Waals surface area contributed by atoms with Crippen LogP contribution in [0.3, 0.4) is 0 Å². The smallest absolute Gasteiger partial charge is 0.176 e. The largest absolute Gasteiger partial charge is 0.307 e. The second-order valence-electron chi connectivity index (χ2n) is 3.47. The Labute approximate surface area is 89.5 Å². The quantitative estimate of drug-likeness (QED) is 0.564. The van der Waals surface area contributed by atoms with Crippen molar-refractivity contribution in [1.29, 1.82) is 0 Å². The van der Waals surface area contributed by atoms with Crippen LogP contribution >= 0.6 is 0 Å². The van der Waals surface area contributed by atoms with Crippen LogP contribution in [-0.4, -0.2) is 24.7 Å². The highest BCUT2D eigenvalue weighted by molar-refractivity contribution is 5.97. The van der Waals surface area contributed by atoms with Gasteiger partial charge in [-0.3, -0.25) is 4.79 Å². The predicted molar refractivity (Wildman–Crippen MR) is 58.9 cm³/mol. The number of rotatable bonds is 6. The molecule has 0 bridgehead atoms. The first kappa shape index (κ1) is 11.6. The van der Waals surface area contributed by atoms with E-state index < -0.39 is 0 Å². The van der Waals surface area contributed by atoms with Crippen molar-refractivity contribution in [3.05, 3.63) is 35.9 Å². The Kier molecular flexibility index (Phi) is 4.71. The first-order chi connectivity index (χ1) is 7.24. The van der Waals surface area contributed by atoms with Gasteiger partial charge in [0.25, 0.3) is 0 Å². The number of carbonyl (C=O) groups is 2. The number of benzene rings is 1. The summed E-state index contributed by atoms with van der Waals surface area (Å²) >= 11 is 0. The SMILES string of the molecule is CC(CC=O)NCC(=O)c1ccccc1. The minimum atomic E-state index is 0.0494. The van der Waals surface area contributed by atoms with Gasteiger partial charge in [-0.25, -0.2) is 0 Å². The highest BCUT2D eigenvalue weighted by Gasteiger charge is 2.06. The average molecular weight is 205 g/mol. The summed E-state index contributed by atoms with van der Waals surface area (Å²) in [5, 5.41) is 3.00. The van der Waals surface area contributed by atoms with Gasteiger partial charge in [-0.2, -0.15) is 0 Å². The van der Waals surface area contributed by atoms with Gasteiger partial charge in [0.05, 0.1) is 6.54 Å². The molecule has 1 atom stereocenters. The molecule has 1 rings (SSSR count). The molecule has 0 saturated carbocycles. The summed E-state index contributed by atoms with van der Waals surface area (Å²) in [6.07, 6.45) is 1.28. The maximum atomic E-state index is 11.6. The van der Waals surface area contributed by atoms with Gasteiger partial charge in [-0.05, 0) is 6.92 Å². The molecule has 1 aromatic carbocycles. The lowest BCUT2D eigenvalue weighted by atomic mass is 10.1. The van der Waals surface area contributed by atoms with Crippen LogP contribution in [0, 0.1) is 0 Å². The lowest BCUT2D eigenvalue weighted by molar-refractivity contribution is -0.108. The first-order valence-corrected chi connectivity index (χ1v) is 4.99. The maximum Gasteiger partial charge on any atom is 0.176 e. The zero-order valence-corrected chi connectivity index (χ0v) is 8.77. The van der Waals surface area contributed by atoms with Crippen molar-refractivity contribution in [2.24, 2.45) is 0 Å². The molecule has 1 aromatic rings. The van der Waals surface area contributed by atoms with Crippen molar-refractivity contribution >= 4 is 12.1 Å². The molecule has 3 nitrogen and oxygen atoms in total. The molecule has 0 saturated heterocycles. The molecule has 1 unspecified atom stereocenters. The Morgan fingerprint density at radius 2 is 2.07 bits per heavy atom.